The zero-order valence-electron chi connectivity index (χ0n) is 16.1. The lowest BCUT2D eigenvalue weighted by Gasteiger charge is -2.12. The van der Waals surface area contributed by atoms with Crippen LogP contribution in [0, 0.1) is 0 Å². The highest BCUT2D eigenvalue weighted by Crippen LogP contribution is 2.37. The predicted octanol–water partition coefficient (Wildman–Crippen LogP) is 4.76. The second kappa shape index (κ2) is 8.99. The monoisotopic (exact) mass is 522 g/mol. The Hall–Kier alpha value is -2.57. The van der Waals surface area contributed by atoms with Crippen LogP contribution in [0.2, 0.25) is 15.1 Å². The zero-order chi connectivity index (χ0) is 23.9. The summed E-state index contributed by atoms with van der Waals surface area (Å²) < 4.78 is 50.7. The van der Waals surface area contributed by atoms with Crippen molar-refractivity contribution in [2.75, 3.05) is 13.2 Å². The molecule has 0 radical (unpaired) electrons. The number of benzene rings is 1. The average Bonchev–Trinajstić information content (AvgIpc) is 3.40. The summed E-state index contributed by atoms with van der Waals surface area (Å²) in [5.41, 5.74) is -0.486. The van der Waals surface area contributed by atoms with E-state index in [1.807, 2.05) is 0 Å². The highest BCUT2D eigenvalue weighted by atomic mass is 35.5. The van der Waals surface area contributed by atoms with E-state index in [1.165, 1.54) is 18.3 Å². The summed E-state index contributed by atoms with van der Waals surface area (Å²) in [6.07, 6.45) is -3.56. The minimum atomic E-state index is -4.58. The van der Waals surface area contributed by atoms with Gasteiger partial charge in [-0.25, -0.2) is 4.98 Å². The van der Waals surface area contributed by atoms with E-state index < -0.39 is 24.5 Å². The number of fused-ring (bicyclic) bond motifs is 1. The number of aromatic nitrogens is 4. The fourth-order valence-electron chi connectivity index (χ4n) is 2.80. The molecule has 0 fully saturated rings. The van der Waals surface area contributed by atoms with Crippen molar-refractivity contribution in [1.29, 1.82) is 0 Å². The van der Waals surface area contributed by atoms with Crippen LogP contribution in [0.5, 0.6) is 5.75 Å². The van der Waals surface area contributed by atoms with Gasteiger partial charge in [-0.1, -0.05) is 40.0 Å². The number of aliphatic hydroxyl groups is 2. The molecule has 14 heteroatoms. The fraction of sp³-hybridized carbons (Fsp3) is 0.211. The van der Waals surface area contributed by atoms with Gasteiger partial charge in [0.2, 0.25) is 5.82 Å². The smallest absolute Gasteiger partial charge is 0.417 e. The van der Waals surface area contributed by atoms with Crippen LogP contribution in [-0.2, 0) is 6.18 Å². The normalized spacial score (nSPS) is 13.0. The van der Waals surface area contributed by atoms with E-state index >= 15 is 0 Å². The molecule has 3 aromatic heterocycles. The van der Waals surface area contributed by atoms with Crippen LogP contribution in [0.1, 0.15) is 5.56 Å². The van der Waals surface area contributed by atoms with E-state index in [2.05, 4.69) is 15.1 Å². The molecule has 174 valence electrons. The average molecular weight is 524 g/mol. The maximum absolute atomic E-state index is 13.0. The molecular formula is C19H12Cl3F3N4O4. The van der Waals surface area contributed by atoms with Crippen molar-refractivity contribution in [3.8, 4) is 28.7 Å². The number of halogens is 6. The summed E-state index contributed by atoms with van der Waals surface area (Å²) in [6, 6.07) is 3.57. The van der Waals surface area contributed by atoms with Gasteiger partial charge in [0.05, 0.1) is 27.2 Å². The molecular weight excluding hydrogens is 512 g/mol. The largest absolute Gasteiger partial charge is 0.489 e. The topological polar surface area (TPSA) is 106 Å². The molecule has 0 aliphatic carbocycles. The Morgan fingerprint density at radius 3 is 2.52 bits per heavy atom. The van der Waals surface area contributed by atoms with Gasteiger partial charge in [-0.2, -0.15) is 18.2 Å². The highest BCUT2D eigenvalue weighted by molar-refractivity contribution is 6.36. The molecule has 1 aromatic carbocycles. The van der Waals surface area contributed by atoms with E-state index in [0.717, 1.165) is 16.7 Å². The van der Waals surface area contributed by atoms with E-state index in [-0.39, 0.29) is 56.0 Å². The van der Waals surface area contributed by atoms with Crippen LogP contribution in [0.15, 0.2) is 35.1 Å². The van der Waals surface area contributed by atoms with Gasteiger partial charge in [0, 0.05) is 24.0 Å². The molecule has 0 spiro atoms. The van der Waals surface area contributed by atoms with Crippen LogP contribution in [-0.4, -0.2) is 49.1 Å². The molecule has 2 N–H and O–H groups in total. The number of pyridine rings is 1. The lowest BCUT2D eigenvalue weighted by molar-refractivity contribution is -0.137. The molecule has 0 saturated heterocycles. The molecule has 4 rings (SSSR count). The first-order chi connectivity index (χ1) is 15.6. The van der Waals surface area contributed by atoms with Crippen LogP contribution < -0.4 is 4.74 Å². The van der Waals surface area contributed by atoms with Gasteiger partial charge in [-0.15, -0.1) is 0 Å². The van der Waals surface area contributed by atoms with Gasteiger partial charge in [-0.05, 0) is 12.1 Å². The summed E-state index contributed by atoms with van der Waals surface area (Å²) in [5.74, 6) is 0.118. The maximum Gasteiger partial charge on any atom is 0.417 e. The first-order valence-electron chi connectivity index (χ1n) is 9.07. The number of aliphatic hydroxyl groups excluding tert-OH is 2. The molecule has 8 nitrogen and oxygen atoms in total. The van der Waals surface area contributed by atoms with Crippen molar-refractivity contribution < 1.29 is 32.6 Å². The van der Waals surface area contributed by atoms with Crippen molar-refractivity contribution >= 4 is 40.4 Å². The van der Waals surface area contributed by atoms with Crippen LogP contribution in [0.25, 0.3) is 28.6 Å². The van der Waals surface area contributed by atoms with Gasteiger partial charge < -0.3 is 23.9 Å². The van der Waals surface area contributed by atoms with Gasteiger partial charge in [0.25, 0.3) is 5.89 Å². The number of rotatable bonds is 6. The Labute approximate surface area is 198 Å². The van der Waals surface area contributed by atoms with Crippen molar-refractivity contribution in [1.82, 2.24) is 19.5 Å². The molecule has 3 heterocycles. The molecule has 4 aromatic rings. The summed E-state index contributed by atoms with van der Waals surface area (Å²) in [5, 5.41) is 22.1. The second-order valence-electron chi connectivity index (χ2n) is 6.76. The summed E-state index contributed by atoms with van der Waals surface area (Å²) in [6.45, 7) is -0.689. The second-order valence-corrected chi connectivity index (χ2v) is 7.99. The van der Waals surface area contributed by atoms with Crippen LogP contribution >= 0.6 is 34.8 Å². The quantitative estimate of drug-likeness (QED) is 0.375. The number of imidazole rings is 1. The molecule has 1 atom stereocenters. The Kier molecular flexibility index (Phi) is 6.43. The molecule has 0 saturated carbocycles. The molecule has 0 aliphatic rings. The van der Waals surface area contributed by atoms with E-state index in [9.17, 15) is 18.3 Å². The van der Waals surface area contributed by atoms with Gasteiger partial charge in [0.15, 0.2) is 5.65 Å². The first-order valence-corrected chi connectivity index (χ1v) is 10.2. The molecule has 0 bridgehead atoms. The lowest BCUT2D eigenvalue weighted by atomic mass is 10.2. The van der Waals surface area contributed by atoms with Gasteiger partial charge in [0.1, 0.15) is 24.2 Å². The van der Waals surface area contributed by atoms with Crippen LogP contribution in [0.4, 0.5) is 13.2 Å². The third-order valence-corrected chi connectivity index (χ3v) is 5.27. The predicted molar refractivity (Wildman–Crippen MR) is 113 cm³/mol. The van der Waals surface area contributed by atoms with Crippen molar-refractivity contribution in [2.24, 2.45) is 0 Å². The van der Waals surface area contributed by atoms with Gasteiger partial charge in [-0.3, -0.25) is 0 Å². The number of nitrogens with zero attached hydrogens (tertiary/aromatic N) is 4. The lowest BCUT2D eigenvalue weighted by Crippen LogP contribution is -2.21. The Balaban J connectivity index is 1.65. The maximum atomic E-state index is 13.0. The molecule has 1 unspecified atom stereocenters. The third kappa shape index (κ3) is 4.87. The standard InChI is InChI=1S/C19H12Cl3F3N4O4/c20-11-3-15(32-7-9(31)6-30)12(21)2-10(11)16-27-18(33-28-16)14-5-29-4-8(19(23,24)25)1-13(22)17(29)26-14/h1-5,9,30-31H,6-7H2. The fourth-order valence-corrected chi connectivity index (χ4v) is 3.51. The van der Waals surface area contributed by atoms with E-state index in [0.29, 0.717) is 0 Å². The number of alkyl halides is 3. The Morgan fingerprint density at radius 1 is 1.06 bits per heavy atom. The number of hydrogen-bond donors (Lipinski definition) is 2. The van der Waals surface area contributed by atoms with Crippen molar-refractivity contribution in [2.45, 2.75) is 12.3 Å². The minimum Gasteiger partial charge on any atom is -0.489 e. The summed E-state index contributed by atoms with van der Waals surface area (Å²) in [4.78, 5) is 8.35. The zero-order valence-corrected chi connectivity index (χ0v) is 18.4. The van der Waals surface area contributed by atoms with E-state index in [4.69, 9.17) is 49.2 Å². The number of ether oxygens (including phenoxy) is 1. The van der Waals surface area contributed by atoms with Crippen molar-refractivity contribution in [3.63, 3.8) is 0 Å². The summed E-state index contributed by atoms with van der Waals surface area (Å²) >= 11 is 18.4. The highest BCUT2D eigenvalue weighted by Gasteiger charge is 2.32. The van der Waals surface area contributed by atoms with Crippen LogP contribution in [0.3, 0.4) is 0 Å². The third-order valence-electron chi connectivity index (χ3n) is 4.38. The van der Waals surface area contributed by atoms with Crippen molar-refractivity contribution in [3.05, 3.63) is 51.2 Å². The molecule has 0 amide bonds. The number of hydrogen-bond acceptors (Lipinski definition) is 7. The Morgan fingerprint density at radius 2 is 1.82 bits per heavy atom. The minimum absolute atomic E-state index is 0.0398. The molecule has 0 aliphatic heterocycles. The molecule has 33 heavy (non-hydrogen) atoms. The SMILES string of the molecule is OCC(O)COc1cc(Cl)c(-c2noc(-c3cn4cc(C(F)(F)F)cc(Cl)c4n3)n2)cc1Cl. The summed E-state index contributed by atoms with van der Waals surface area (Å²) in [7, 11) is 0. The van der Waals surface area contributed by atoms with Gasteiger partial charge >= 0.3 is 6.18 Å². The first kappa shape index (κ1) is 23.6. The van der Waals surface area contributed by atoms with E-state index in [1.54, 1.807) is 0 Å². The Bertz CT molecular complexity index is 1330.